The predicted molar refractivity (Wildman–Crippen MR) is 88.8 cm³/mol. The van der Waals surface area contributed by atoms with E-state index in [-0.39, 0.29) is 17.9 Å². The lowest BCUT2D eigenvalue weighted by Crippen LogP contribution is -2.26. The van der Waals surface area contributed by atoms with Crippen LogP contribution in [0.1, 0.15) is 28.8 Å². The third kappa shape index (κ3) is 4.26. The van der Waals surface area contributed by atoms with Crippen molar-refractivity contribution in [1.82, 2.24) is 10.3 Å². The Bertz CT molecular complexity index is 737. The summed E-state index contributed by atoms with van der Waals surface area (Å²) in [5.74, 6) is -0.435. The van der Waals surface area contributed by atoms with E-state index in [0.717, 1.165) is 18.4 Å². The summed E-state index contributed by atoms with van der Waals surface area (Å²) >= 11 is 0. The summed E-state index contributed by atoms with van der Waals surface area (Å²) in [7, 11) is 0. The van der Waals surface area contributed by atoms with Gasteiger partial charge in [0.05, 0.1) is 11.3 Å². The van der Waals surface area contributed by atoms with Gasteiger partial charge in [0.1, 0.15) is 0 Å². The molecule has 5 nitrogen and oxygen atoms in total. The Morgan fingerprint density at radius 2 is 1.83 bits per heavy atom. The molecule has 1 heterocycles. The first-order valence-electron chi connectivity index (χ1n) is 7.51. The van der Waals surface area contributed by atoms with Gasteiger partial charge in [-0.15, -0.1) is 0 Å². The van der Waals surface area contributed by atoms with E-state index in [0.29, 0.717) is 11.3 Å². The van der Waals surface area contributed by atoms with Gasteiger partial charge in [0.2, 0.25) is 5.91 Å². The molecule has 1 fully saturated rings. The number of hydrogen-bond donors (Lipinski definition) is 2. The van der Waals surface area contributed by atoms with Crippen LogP contribution in [0.25, 0.3) is 6.08 Å². The Hall–Kier alpha value is -2.95. The van der Waals surface area contributed by atoms with Crippen LogP contribution in [0.15, 0.2) is 54.9 Å². The summed E-state index contributed by atoms with van der Waals surface area (Å²) in [6.45, 7) is 0. The molecule has 1 aliphatic carbocycles. The van der Waals surface area contributed by atoms with Crippen molar-refractivity contribution < 1.29 is 9.59 Å². The van der Waals surface area contributed by atoms with Gasteiger partial charge in [0, 0.05) is 24.5 Å². The molecule has 5 heteroatoms. The van der Waals surface area contributed by atoms with Gasteiger partial charge in [0.15, 0.2) is 0 Å². The van der Waals surface area contributed by atoms with Crippen LogP contribution < -0.4 is 10.6 Å². The fraction of sp³-hybridized carbons (Fsp3) is 0.167. The van der Waals surface area contributed by atoms with Crippen molar-refractivity contribution >= 4 is 23.6 Å². The maximum atomic E-state index is 12.2. The van der Waals surface area contributed by atoms with E-state index < -0.39 is 0 Å². The highest BCUT2D eigenvalue weighted by Gasteiger charge is 2.24. The van der Waals surface area contributed by atoms with Gasteiger partial charge in [-0.3, -0.25) is 14.6 Å². The number of carbonyl (C=O) groups is 2. The Morgan fingerprint density at radius 3 is 2.57 bits per heavy atom. The second-order valence-electron chi connectivity index (χ2n) is 5.40. The first-order valence-corrected chi connectivity index (χ1v) is 7.51. The van der Waals surface area contributed by atoms with Gasteiger partial charge in [-0.25, -0.2) is 0 Å². The van der Waals surface area contributed by atoms with Gasteiger partial charge in [0.25, 0.3) is 5.91 Å². The highest BCUT2D eigenvalue weighted by atomic mass is 16.2. The number of rotatable bonds is 5. The summed E-state index contributed by atoms with van der Waals surface area (Å²) in [5.41, 5.74) is 1.87. The van der Waals surface area contributed by atoms with Crippen molar-refractivity contribution in [3.63, 3.8) is 0 Å². The van der Waals surface area contributed by atoms with Crippen LogP contribution >= 0.6 is 0 Å². The van der Waals surface area contributed by atoms with Crippen molar-refractivity contribution in [2.24, 2.45) is 0 Å². The second-order valence-corrected chi connectivity index (χ2v) is 5.40. The van der Waals surface area contributed by atoms with E-state index in [2.05, 4.69) is 15.6 Å². The van der Waals surface area contributed by atoms with Crippen LogP contribution in [0.4, 0.5) is 5.69 Å². The number of nitrogens with one attached hydrogen (secondary N) is 2. The van der Waals surface area contributed by atoms with Crippen molar-refractivity contribution in [3.05, 3.63) is 66.0 Å². The highest BCUT2D eigenvalue weighted by molar-refractivity contribution is 6.07. The second kappa shape index (κ2) is 6.87. The lowest BCUT2D eigenvalue weighted by Gasteiger charge is -2.09. The molecule has 23 heavy (non-hydrogen) atoms. The number of hydrogen-bond acceptors (Lipinski definition) is 3. The first-order chi connectivity index (χ1) is 11.2. The summed E-state index contributed by atoms with van der Waals surface area (Å²) in [4.78, 5) is 28.2. The molecular formula is C18H17N3O2. The van der Waals surface area contributed by atoms with Crippen molar-refractivity contribution in [1.29, 1.82) is 0 Å². The minimum atomic E-state index is -0.284. The van der Waals surface area contributed by atoms with E-state index in [4.69, 9.17) is 0 Å². The monoisotopic (exact) mass is 307 g/mol. The quantitative estimate of drug-likeness (QED) is 0.834. The molecule has 1 aromatic carbocycles. The Kier molecular flexibility index (Phi) is 4.47. The molecule has 0 spiro atoms. The number of para-hydroxylation sites is 1. The van der Waals surface area contributed by atoms with Crippen LogP contribution in [0.3, 0.4) is 0 Å². The van der Waals surface area contributed by atoms with Gasteiger partial charge in [-0.2, -0.15) is 0 Å². The largest absolute Gasteiger partial charge is 0.349 e. The van der Waals surface area contributed by atoms with E-state index >= 15 is 0 Å². The zero-order valence-corrected chi connectivity index (χ0v) is 12.5. The zero-order chi connectivity index (χ0) is 16.1. The Labute approximate surface area is 134 Å². The molecular weight excluding hydrogens is 290 g/mol. The smallest absolute Gasteiger partial charge is 0.253 e. The van der Waals surface area contributed by atoms with Crippen LogP contribution in [0.5, 0.6) is 0 Å². The van der Waals surface area contributed by atoms with Crippen LogP contribution in [-0.2, 0) is 4.79 Å². The summed E-state index contributed by atoms with van der Waals surface area (Å²) < 4.78 is 0. The lowest BCUT2D eigenvalue weighted by atomic mass is 10.1. The zero-order valence-electron chi connectivity index (χ0n) is 12.5. The SMILES string of the molecule is O=C(/C=C/c1ccncc1)Nc1ccccc1C(=O)NC1CC1. The minimum absolute atomic E-state index is 0.151. The molecule has 1 saturated carbocycles. The predicted octanol–water partition coefficient (Wildman–Crippen LogP) is 2.63. The Morgan fingerprint density at radius 1 is 1.09 bits per heavy atom. The number of anilines is 1. The van der Waals surface area contributed by atoms with Gasteiger partial charge in [-0.1, -0.05) is 12.1 Å². The number of benzene rings is 1. The molecule has 0 atom stereocenters. The highest BCUT2D eigenvalue weighted by Crippen LogP contribution is 2.21. The third-order valence-corrected chi connectivity index (χ3v) is 3.48. The van der Waals surface area contributed by atoms with Gasteiger partial charge >= 0.3 is 0 Å². The third-order valence-electron chi connectivity index (χ3n) is 3.48. The average molecular weight is 307 g/mol. The normalized spacial score (nSPS) is 13.7. The van der Waals surface area contributed by atoms with Crippen molar-refractivity contribution in [2.45, 2.75) is 18.9 Å². The fourth-order valence-corrected chi connectivity index (χ4v) is 2.10. The number of nitrogens with zero attached hydrogens (tertiary/aromatic N) is 1. The average Bonchev–Trinajstić information content (AvgIpc) is 3.38. The topological polar surface area (TPSA) is 71.1 Å². The molecule has 2 amide bonds. The molecule has 0 unspecified atom stereocenters. The molecule has 116 valence electrons. The van der Waals surface area contributed by atoms with Crippen molar-refractivity contribution in [2.75, 3.05) is 5.32 Å². The molecule has 2 N–H and O–H groups in total. The minimum Gasteiger partial charge on any atom is -0.349 e. The van der Waals surface area contributed by atoms with Gasteiger partial charge < -0.3 is 10.6 Å². The number of aromatic nitrogens is 1. The molecule has 0 radical (unpaired) electrons. The molecule has 3 rings (SSSR count). The maximum absolute atomic E-state index is 12.2. The van der Waals surface area contributed by atoms with Crippen LogP contribution in [-0.4, -0.2) is 22.8 Å². The van der Waals surface area contributed by atoms with Crippen LogP contribution in [0.2, 0.25) is 0 Å². The van der Waals surface area contributed by atoms with E-state index in [1.54, 1.807) is 54.9 Å². The van der Waals surface area contributed by atoms with E-state index in [1.165, 1.54) is 6.08 Å². The maximum Gasteiger partial charge on any atom is 0.253 e. The fourth-order valence-electron chi connectivity index (χ4n) is 2.10. The van der Waals surface area contributed by atoms with E-state index in [1.807, 2.05) is 0 Å². The number of carbonyl (C=O) groups excluding carboxylic acids is 2. The standard InChI is InChI=1S/C18H17N3O2/c22-17(8-5-13-9-11-19-12-10-13)21-16-4-2-1-3-15(16)18(23)20-14-6-7-14/h1-5,8-12,14H,6-7H2,(H,20,23)(H,21,22)/b8-5+. The first kappa shape index (κ1) is 15.0. The summed E-state index contributed by atoms with van der Waals surface area (Å²) in [6.07, 6.45) is 8.50. The molecule has 1 aliphatic rings. The number of pyridine rings is 1. The van der Waals surface area contributed by atoms with Crippen LogP contribution in [0, 0.1) is 0 Å². The molecule has 0 bridgehead atoms. The molecule has 1 aromatic heterocycles. The Balaban J connectivity index is 1.68. The molecule has 2 aromatic rings. The number of amides is 2. The lowest BCUT2D eigenvalue weighted by molar-refractivity contribution is -0.111. The van der Waals surface area contributed by atoms with Gasteiger partial charge in [-0.05, 0) is 48.7 Å². The summed E-state index contributed by atoms with van der Waals surface area (Å²) in [5, 5.41) is 5.68. The van der Waals surface area contributed by atoms with Crippen molar-refractivity contribution in [3.8, 4) is 0 Å². The molecule has 0 aliphatic heterocycles. The van der Waals surface area contributed by atoms with E-state index in [9.17, 15) is 9.59 Å². The summed E-state index contributed by atoms with van der Waals surface area (Å²) in [6, 6.07) is 10.9. The molecule has 0 saturated heterocycles.